The standard InChI is InChI=1S/C23H29NO6.C19H22ClNO4.C17H18ClNO3/c1-4-11-28-22(25)20-14-19(23(5-2)29-12-13-30-23)18(21(24-20)26-3)16-27-15-17-9-7-6-8-10-17;1-3-19(24-9-10-25-19)16-11-17(20)21-18(22-2)15(16)13-23-12-14-7-5-4-6-8-14;1-3-15(20)13-9-16(18)19-17(21-2)14(13)11-22-10-12-7-5-4-6-8-12/h6-10,14H,4-5,11-13,15-16H2,1-3H3;4-8,11H,3,9-10,12-13H2,1-2H3;4-9H,3,10-11H2,1-2H3. The van der Waals surface area contributed by atoms with Crippen molar-refractivity contribution in [2.24, 2.45) is 0 Å². The molecular weight excluding hydrogens is 1030 g/mol. The minimum Gasteiger partial charge on any atom is -0.481 e. The number of ether oxygens (including phenoxy) is 11. The lowest BCUT2D eigenvalue weighted by atomic mass is 9.97. The minimum atomic E-state index is -0.971. The molecule has 412 valence electrons. The fraction of sp³-hybridized carbons (Fsp3) is 0.407. The first kappa shape index (κ1) is 60.2. The first-order chi connectivity index (χ1) is 37.5. The number of rotatable bonds is 24. The Morgan fingerprint density at radius 3 is 1.31 bits per heavy atom. The topological polar surface area (TPSA) is 174 Å². The molecule has 18 heteroatoms. The molecule has 2 aliphatic rings. The molecular formula is C59H69Cl2N3O13. The van der Waals surface area contributed by atoms with Crippen LogP contribution in [0.25, 0.3) is 0 Å². The lowest BCUT2D eigenvalue weighted by Gasteiger charge is -2.29. The maximum absolute atomic E-state index is 12.5. The number of hydrogen-bond acceptors (Lipinski definition) is 16. The van der Waals surface area contributed by atoms with Gasteiger partial charge in [0, 0.05) is 47.1 Å². The van der Waals surface area contributed by atoms with Crippen molar-refractivity contribution in [1.82, 2.24) is 15.0 Å². The summed E-state index contributed by atoms with van der Waals surface area (Å²) < 4.78 is 62.8. The Morgan fingerprint density at radius 1 is 0.519 bits per heavy atom. The van der Waals surface area contributed by atoms with E-state index in [0.717, 1.165) is 34.2 Å². The maximum atomic E-state index is 12.5. The molecule has 0 saturated carbocycles. The van der Waals surface area contributed by atoms with Crippen LogP contribution in [-0.2, 0) is 89.1 Å². The quantitative estimate of drug-likeness (QED) is 0.0318. The van der Waals surface area contributed by atoms with E-state index < -0.39 is 17.5 Å². The van der Waals surface area contributed by atoms with E-state index in [2.05, 4.69) is 15.0 Å². The summed E-state index contributed by atoms with van der Waals surface area (Å²) in [6.45, 7) is 12.3. The number of nitrogens with zero attached hydrogens (tertiary/aromatic N) is 3. The van der Waals surface area contributed by atoms with Gasteiger partial charge >= 0.3 is 5.97 Å². The molecule has 77 heavy (non-hydrogen) atoms. The number of Topliss-reactive ketones (excluding diaryl/α,β-unsaturated/α-hetero) is 1. The van der Waals surface area contributed by atoms with Gasteiger partial charge in [0.05, 0.1) is 99.6 Å². The Balaban J connectivity index is 0.000000190. The van der Waals surface area contributed by atoms with Gasteiger partial charge in [-0.15, -0.1) is 0 Å². The highest BCUT2D eigenvalue weighted by molar-refractivity contribution is 6.30. The normalized spacial score (nSPS) is 14.1. The van der Waals surface area contributed by atoms with Crippen LogP contribution >= 0.6 is 23.2 Å². The number of methoxy groups -OCH3 is 3. The first-order valence-electron chi connectivity index (χ1n) is 25.6. The maximum Gasteiger partial charge on any atom is 0.357 e. The van der Waals surface area contributed by atoms with Crippen molar-refractivity contribution in [3.05, 3.63) is 175 Å². The summed E-state index contributed by atoms with van der Waals surface area (Å²) in [5.74, 6) is -1.25. The number of carbonyl (C=O) groups excluding carboxylic acids is 2. The third-order valence-corrected chi connectivity index (χ3v) is 12.8. The molecule has 3 aromatic carbocycles. The van der Waals surface area contributed by atoms with E-state index in [4.69, 9.17) is 75.3 Å². The van der Waals surface area contributed by atoms with E-state index >= 15 is 0 Å². The summed E-state index contributed by atoms with van der Waals surface area (Å²) in [6.07, 6.45) is 2.33. The molecule has 2 aliphatic heterocycles. The minimum absolute atomic E-state index is 0.0130. The number of halogens is 2. The van der Waals surface area contributed by atoms with Crippen molar-refractivity contribution >= 4 is 35.0 Å². The van der Waals surface area contributed by atoms with Crippen LogP contribution < -0.4 is 14.2 Å². The summed E-state index contributed by atoms with van der Waals surface area (Å²) in [7, 11) is 4.58. The highest BCUT2D eigenvalue weighted by Gasteiger charge is 2.42. The number of aromatic nitrogens is 3. The van der Waals surface area contributed by atoms with E-state index in [1.165, 1.54) is 14.2 Å². The Labute approximate surface area is 461 Å². The van der Waals surface area contributed by atoms with Crippen LogP contribution in [0.4, 0.5) is 0 Å². The second-order valence-electron chi connectivity index (χ2n) is 17.5. The summed E-state index contributed by atoms with van der Waals surface area (Å²) in [5.41, 5.74) is 7.52. The predicted molar refractivity (Wildman–Crippen MR) is 290 cm³/mol. The molecule has 0 N–H and O–H groups in total. The monoisotopic (exact) mass is 1100 g/mol. The highest BCUT2D eigenvalue weighted by atomic mass is 35.5. The van der Waals surface area contributed by atoms with Gasteiger partial charge in [-0.2, -0.15) is 0 Å². The molecule has 8 rings (SSSR count). The number of pyridine rings is 3. The first-order valence-corrected chi connectivity index (χ1v) is 26.4. The Morgan fingerprint density at radius 2 is 0.909 bits per heavy atom. The van der Waals surface area contributed by atoms with E-state index in [0.29, 0.717) is 124 Å². The molecule has 3 aromatic heterocycles. The molecule has 2 saturated heterocycles. The van der Waals surface area contributed by atoms with Crippen LogP contribution in [0.15, 0.2) is 109 Å². The van der Waals surface area contributed by atoms with Gasteiger partial charge in [0.15, 0.2) is 23.1 Å². The van der Waals surface area contributed by atoms with E-state index in [1.807, 2.05) is 112 Å². The van der Waals surface area contributed by atoms with Crippen LogP contribution in [0, 0.1) is 0 Å². The summed E-state index contributed by atoms with van der Waals surface area (Å²) >= 11 is 12.1. The predicted octanol–water partition coefficient (Wildman–Crippen LogP) is 12.1. The van der Waals surface area contributed by atoms with Gasteiger partial charge in [0.1, 0.15) is 10.3 Å². The Hall–Kier alpha value is -6.05. The smallest absolute Gasteiger partial charge is 0.357 e. The van der Waals surface area contributed by atoms with E-state index in [-0.39, 0.29) is 29.8 Å². The summed E-state index contributed by atoms with van der Waals surface area (Å²) in [4.78, 5) is 37.3. The molecule has 0 atom stereocenters. The number of benzene rings is 3. The zero-order chi connectivity index (χ0) is 55.0. The van der Waals surface area contributed by atoms with Gasteiger partial charge in [-0.3, -0.25) is 4.79 Å². The van der Waals surface area contributed by atoms with Crippen molar-refractivity contribution in [2.75, 3.05) is 54.4 Å². The van der Waals surface area contributed by atoms with Gasteiger partial charge in [-0.25, -0.2) is 19.7 Å². The van der Waals surface area contributed by atoms with Crippen LogP contribution in [0.2, 0.25) is 10.3 Å². The fourth-order valence-electron chi connectivity index (χ4n) is 8.55. The third-order valence-electron chi connectivity index (χ3n) is 12.4. The van der Waals surface area contributed by atoms with Gasteiger partial charge < -0.3 is 52.1 Å². The van der Waals surface area contributed by atoms with Gasteiger partial charge in [-0.05, 0) is 41.3 Å². The number of ketones is 1. The molecule has 0 aliphatic carbocycles. The van der Waals surface area contributed by atoms with E-state index in [1.54, 1.807) is 32.2 Å². The second-order valence-corrected chi connectivity index (χ2v) is 18.2. The Kier molecular flexibility index (Phi) is 24.1. The summed E-state index contributed by atoms with van der Waals surface area (Å²) in [5, 5.41) is 0.575. The number of carbonyl (C=O) groups is 2. The molecule has 16 nitrogen and oxygen atoms in total. The van der Waals surface area contributed by atoms with Crippen LogP contribution in [0.1, 0.15) is 119 Å². The van der Waals surface area contributed by atoms with Crippen molar-refractivity contribution in [1.29, 1.82) is 0 Å². The summed E-state index contributed by atoms with van der Waals surface area (Å²) in [6, 6.07) is 34.7. The van der Waals surface area contributed by atoms with Crippen molar-refractivity contribution in [2.45, 2.75) is 105 Å². The highest BCUT2D eigenvalue weighted by Crippen LogP contribution is 2.42. The van der Waals surface area contributed by atoms with Crippen molar-refractivity contribution in [3.63, 3.8) is 0 Å². The SMILES string of the molecule is CCC(=O)c1cc(Cl)nc(OC)c1COCc1ccccc1.CCC1(c2cc(Cl)nc(OC)c2COCc2ccccc2)OCCO1.CCCOC(=O)c1cc(C2(CC)OCCO2)c(COCc2ccccc2)c(OC)n1. The average molecular weight is 1100 g/mol. The van der Waals surface area contributed by atoms with Gasteiger partial charge in [0.25, 0.3) is 0 Å². The molecule has 0 amide bonds. The number of esters is 1. The molecule has 0 bridgehead atoms. The zero-order valence-electron chi connectivity index (χ0n) is 44.9. The molecule has 5 heterocycles. The van der Waals surface area contributed by atoms with Gasteiger partial charge in [0.2, 0.25) is 17.6 Å². The molecule has 6 aromatic rings. The number of hydrogen-bond donors (Lipinski definition) is 0. The van der Waals surface area contributed by atoms with Gasteiger partial charge in [-0.1, -0.05) is 142 Å². The average Bonchev–Trinajstić information content (AvgIpc) is 4.18. The lowest BCUT2D eigenvalue weighted by Crippen LogP contribution is -2.29. The van der Waals surface area contributed by atoms with Crippen LogP contribution in [0.3, 0.4) is 0 Å². The van der Waals surface area contributed by atoms with E-state index in [9.17, 15) is 9.59 Å². The molecule has 2 fully saturated rings. The zero-order valence-corrected chi connectivity index (χ0v) is 46.4. The van der Waals surface area contributed by atoms with Crippen molar-refractivity contribution in [3.8, 4) is 17.6 Å². The van der Waals surface area contributed by atoms with Crippen LogP contribution in [-0.4, -0.2) is 81.1 Å². The Bertz CT molecular complexity index is 2780. The second kappa shape index (κ2) is 30.8. The largest absolute Gasteiger partial charge is 0.481 e. The third kappa shape index (κ3) is 16.5. The van der Waals surface area contributed by atoms with Crippen LogP contribution in [0.5, 0.6) is 17.6 Å². The fourth-order valence-corrected chi connectivity index (χ4v) is 8.92. The molecule has 0 radical (unpaired) electrons. The molecule has 0 spiro atoms. The molecule has 0 unspecified atom stereocenters. The van der Waals surface area contributed by atoms with Crippen molar-refractivity contribution < 1.29 is 61.7 Å². The lowest BCUT2D eigenvalue weighted by molar-refractivity contribution is -0.169.